The van der Waals surface area contributed by atoms with Crippen molar-refractivity contribution in [2.45, 2.75) is 32.2 Å². The first-order chi connectivity index (χ1) is 22.1. The quantitative estimate of drug-likeness (QED) is 0.183. The van der Waals surface area contributed by atoms with Crippen molar-refractivity contribution < 1.29 is 23.4 Å². The van der Waals surface area contributed by atoms with Crippen LogP contribution in [0.5, 0.6) is 5.75 Å². The van der Waals surface area contributed by atoms with E-state index < -0.39 is 6.04 Å². The van der Waals surface area contributed by atoms with Gasteiger partial charge in [0.1, 0.15) is 18.4 Å². The molecule has 5 aromatic rings. The van der Waals surface area contributed by atoms with Crippen LogP contribution in [0.25, 0.3) is 28.3 Å². The van der Waals surface area contributed by atoms with Gasteiger partial charge in [0.2, 0.25) is 17.7 Å². The third kappa shape index (κ3) is 6.56. The summed E-state index contributed by atoms with van der Waals surface area (Å²) < 4.78 is 24.9. The number of carbonyl (C=O) groups excluding carboxylic acids is 1. The Morgan fingerprint density at radius 3 is 2.56 bits per heavy atom. The largest absolute Gasteiger partial charge is 0.491 e. The molecule has 1 aliphatic heterocycles. The molecule has 1 saturated heterocycles. The van der Waals surface area contributed by atoms with Crippen molar-refractivity contribution in [3.05, 3.63) is 48.9 Å². The molecule has 0 spiro atoms. The highest BCUT2D eigenvalue weighted by atomic mass is 16.5. The maximum atomic E-state index is 14.0. The summed E-state index contributed by atoms with van der Waals surface area (Å²) in [6, 6.07) is 11.1. The number of nitrogens with zero attached hydrogens (tertiary/aromatic N) is 8. The number of aromatic nitrogens is 6. The van der Waals surface area contributed by atoms with Crippen molar-refractivity contribution in [1.82, 2.24) is 34.3 Å². The lowest BCUT2D eigenvalue weighted by molar-refractivity contribution is -0.135. The second kappa shape index (κ2) is 13.9. The molecule has 1 atom stereocenters. The molecular weight excluding hydrogens is 578 g/mol. The number of rotatable bonds is 14. The van der Waals surface area contributed by atoms with Gasteiger partial charge in [-0.2, -0.15) is 14.6 Å². The summed E-state index contributed by atoms with van der Waals surface area (Å²) in [7, 11) is 1.65. The standard InChI is InChI=1S/C31H39N9O5/c1-3-4-6-25(39-29-24(21-33-39)28-34-27(26-7-5-16-45-26)36-40(28)31(32)35-29)30(41)38-14-12-37(13-15-38)22-8-10-23(11-9-22)44-20-19-43-18-17-42-2/h5,7-11,16,21,25H,3-4,6,12-15,17-20H2,1-2H3,(H2,32,35)/t25-/m1/s1. The van der Waals surface area contributed by atoms with Crippen LogP contribution in [-0.4, -0.2) is 99.9 Å². The number of hydrogen-bond acceptors (Lipinski definition) is 11. The van der Waals surface area contributed by atoms with Gasteiger partial charge in [0.15, 0.2) is 17.1 Å². The van der Waals surface area contributed by atoms with Gasteiger partial charge in [-0.15, -0.1) is 5.10 Å². The molecule has 1 aliphatic rings. The van der Waals surface area contributed by atoms with Crippen LogP contribution in [0.15, 0.2) is 53.3 Å². The Balaban J connectivity index is 1.13. The van der Waals surface area contributed by atoms with Gasteiger partial charge in [0, 0.05) is 39.0 Å². The predicted octanol–water partition coefficient (Wildman–Crippen LogP) is 3.44. The van der Waals surface area contributed by atoms with Crippen LogP contribution in [0.2, 0.25) is 0 Å². The summed E-state index contributed by atoms with van der Waals surface area (Å²) in [6.45, 7) is 6.88. The number of methoxy groups -OCH3 is 1. The van der Waals surface area contributed by atoms with Crippen molar-refractivity contribution in [3.8, 4) is 17.3 Å². The number of nitrogens with two attached hydrogens (primary N) is 1. The fourth-order valence-corrected chi connectivity index (χ4v) is 5.52. The molecule has 0 aliphatic carbocycles. The molecule has 5 heterocycles. The molecule has 0 radical (unpaired) electrons. The number of piperazine rings is 1. The molecular formula is C31H39N9O5. The summed E-state index contributed by atoms with van der Waals surface area (Å²) in [5.74, 6) is 1.91. The molecule has 14 nitrogen and oxygen atoms in total. The fourth-order valence-electron chi connectivity index (χ4n) is 5.52. The topological polar surface area (TPSA) is 151 Å². The molecule has 14 heteroatoms. The lowest BCUT2D eigenvalue weighted by atomic mass is 10.1. The van der Waals surface area contributed by atoms with Crippen LogP contribution >= 0.6 is 0 Å². The zero-order chi connectivity index (χ0) is 31.2. The van der Waals surface area contributed by atoms with E-state index in [1.165, 1.54) is 4.52 Å². The lowest BCUT2D eigenvalue weighted by Gasteiger charge is -2.37. The maximum Gasteiger partial charge on any atom is 0.247 e. The SMILES string of the molecule is CCCC[C@H](C(=O)N1CCN(c2ccc(OCCOCCOC)cc2)CC1)n1ncc2c1nc(N)n1nc(-c3ccco3)nc21. The number of amides is 1. The van der Waals surface area contributed by atoms with E-state index in [0.29, 0.717) is 74.2 Å². The van der Waals surface area contributed by atoms with Crippen molar-refractivity contribution in [3.63, 3.8) is 0 Å². The number of hydrogen-bond donors (Lipinski definition) is 1. The van der Waals surface area contributed by atoms with E-state index in [4.69, 9.17) is 24.4 Å². The van der Waals surface area contributed by atoms with Gasteiger partial charge in [0.25, 0.3) is 0 Å². The number of nitrogen functional groups attached to an aromatic ring is 1. The zero-order valence-electron chi connectivity index (χ0n) is 25.7. The van der Waals surface area contributed by atoms with Crippen molar-refractivity contribution in [2.75, 3.05) is 70.3 Å². The molecule has 0 bridgehead atoms. The second-order valence-electron chi connectivity index (χ2n) is 10.9. The number of anilines is 2. The van der Waals surface area contributed by atoms with Crippen molar-refractivity contribution in [1.29, 1.82) is 0 Å². The Bertz CT molecular complexity index is 1690. The van der Waals surface area contributed by atoms with E-state index in [0.717, 1.165) is 37.4 Å². The van der Waals surface area contributed by atoms with Gasteiger partial charge in [0.05, 0.1) is 37.7 Å². The second-order valence-corrected chi connectivity index (χ2v) is 10.9. The van der Waals surface area contributed by atoms with E-state index in [2.05, 4.69) is 44.1 Å². The summed E-state index contributed by atoms with van der Waals surface area (Å²) >= 11 is 0. The first-order valence-electron chi connectivity index (χ1n) is 15.3. The van der Waals surface area contributed by atoms with E-state index in [1.807, 2.05) is 17.0 Å². The number of unbranched alkanes of at least 4 members (excludes halogenated alkanes) is 1. The van der Waals surface area contributed by atoms with Crippen LogP contribution < -0.4 is 15.4 Å². The van der Waals surface area contributed by atoms with E-state index in [9.17, 15) is 4.79 Å². The highest BCUT2D eigenvalue weighted by Gasteiger charge is 2.31. The Morgan fingerprint density at radius 1 is 1.02 bits per heavy atom. The molecule has 1 aromatic carbocycles. The van der Waals surface area contributed by atoms with E-state index in [-0.39, 0.29) is 11.9 Å². The minimum Gasteiger partial charge on any atom is -0.491 e. The van der Waals surface area contributed by atoms with Crippen molar-refractivity contribution >= 4 is 34.2 Å². The average Bonchev–Trinajstić information content (AvgIpc) is 3.84. The number of ether oxygens (including phenoxy) is 3. The first-order valence-corrected chi connectivity index (χ1v) is 15.3. The first kappa shape index (κ1) is 30.3. The Labute approximate surface area is 260 Å². The third-order valence-electron chi connectivity index (χ3n) is 7.93. The summed E-state index contributed by atoms with van der Waals surface area (Å²) in [6.07, 6.45) is 5.71. The summed E-state index contributed by atoms with van der Waals surface area (Å²) in [5, 5.41) is 9.79. The number of fused-ring (bicyclic) bond motifs is 3. The zero-order valence-corrected chi connectivity index (χ0v) is 25.7. The van der Waals surface area contributed by atoms with Gasteiger partial charge in [-0.3, -0.25) is 4.79 Å². The maximum absolute atomic E-state index is 14.0. The van der Waals surface area contributed by atoms with Gasteiger partial charge >= 0.3 is 0 Å². The molecule has 1 fully saturated rings. The lowest BCUT2D eigenvalue weighted by Crippen LogP contribution is -2.50. The molecule has 45 heavy (non-hydrogen) atoms. The summed E-state index contributed by atoms with van der Waals surface area (Å²) in [4.78, 5) is 27.5. The normalized spacial score (nSPS) is 14.4. The van der Waals surface area contributed by atoms with Gasteiger partial charge < -0.3 is 34.2 Å². The van der Waals surface area contributed by atoms with Crippen molar-refractivity contribution in [2.24, 2.45) is 0 Å². The molecule has 4 aromatic heterocycles. The fraction of sp³-hybridized carbons (Fsp3) is 0.452. The highest BCUT2D eigenvalue weighted by molar-refractivity contribution is 5.92. The molecule has 2 N–H and O–H groups in total. The number of benzene rings is 1. The minimum atomic E-state index is -0.509. The monoisotopic (exact) mass is 617 g/mol. The van der Waals surface area contributed by atoms with Crippen LogP contribution in [0.1, 0.15) is 32.2 Å². The predicted molar refractivity (Wildman–Crippen MR) is 168 cm³/mol. The highest BCUT2D eigenvalue weighted by Crippen LogP contribution is 2.28. The van der Waals surface area contributed by atoms with Crippen LogP contribution in [0, 0.1) is 0 Å². The van der Waals surface area contributed by atoms with Gasteiger partial charge in [-0.25, -0.2) is 9.67 Å². The average molecular weight is 618 g/mol. The minimum absolute atomic E-state index is 0.0301. The number of carbonyl (C=O) groups is 1. The van der Waals surface area contributed by atoms with Crippen LogP contribution in [0.4, 0.5) is 11.6 Å². The Morgan fingerprint density at radius 2 is 1.82 bits per heavy atom. The van der Waals surface area contributed by atoms with E-state index >= 15 is 0 Å². The number of furan rings is 1. The van der Waals surface area contributed by atoms with Crippen LogP contribution in [0.3, 0.4) is 0 Å². The molecule has 0 unspecified atom stereocenters. The summed E-state index contributed by atoms with van der Waals surface area (Å²) in [5.41, 5.74) is 8.44. The Kier molecular flexibility index (Phi) is 9.41. The molecule has 1 amide bonds. The van der Waals surface area contributed by atoms with Gasteiger partial charge in [-0.05, 0) is 42.8 Å². The van der Waals surface area contributed by atoms with E-state index in [1.54, 1.807) is 36.4 Å². The van der Waals surface area contributed by atoms with Gasteiger partial charge in [-0.1, -0.05) is 19.8 Å². The van der Waals surface area contributed by atoms with Crippen LogP contribution in [-0.2, 0) is 14.3 Å². The Hall–Kier alpha value is -4.69. The molecule has 0 saturated carbocycles. The smallest absolute Gasteiger partial charge is 0.247 e. The molecule has 6 rings (SSSR count). The third-order valence-corrected chi connectivity index (χ3v) is 7.93. The molecule has 238 valence electrons.